The summed E-state index contributed by atoms with van der Waals surface area (Å²) in [7, 11) is 0. The molecule has 218 valence electrons. The van der Waals surface area contributed by atoms with E-state index in [1.165, 1.54) is 0 Å². The first-order valence-corrected chi connectivity index (χ1v) is 15.2. The van der Waals surface area contributed by atoms with Crippen molar-refractivity contribution in [1.29, 1.82) is 0 Å². The normalized spacial score (nSPS) is 26.5. The number of likely N-dealkylation sites (tertiary alicyclic amines) is 2. The summed E-state index contributed by atoms with van der Waals surface area (Å²) in [5.74, 6) is -0.0483. The first-order chi connectivity index (χ1) is 20.1. The maximum Gasteiger partial charge on any atom is 0.257 e. The second-order valence-corrected chi connectivity index (χ2v) is 13.9. The number of benzene rings is 2. The van der Waals surface area contributed by atoms with Crippen molar-refractivity contribution in [2.75, 3.05) is 26.2 Å². The van der Waals surface area contributed by atoms with Crippen molar-refractivity contribution in [1.82, 2.24) is 24.9 Å². The van der Waals surface area contributed by atoms with Gasteiger partial charge in [-0.1, -0.05) is 67.9 Å². The van der Waals surface area contributed by atoms with Gasteiger partial charge in [0.05, 0.1) is 24.2 Å². The van der Waals surface area contributed by atoms with Crippen LogP contribution in [0.15, 0.2) is 67.0 Å². The molecule has 2 saturated heterocycles. The Morgan fingerprint density at radius 2 is 1.74 bits per heavy atom. The highest BCUT2D eigenvalue weighted by atomic mass is 35.5. The van der Waals surface area contributed by atoms with E-state index in [1.807, 2.05) is 59.5 Å². The lowest BCUT2D eigenvalue weighted by atomic mass is 9.71. The van der Waals surface area contributed by atoms with Gasteiger partial charge in [0.15, 0.2) is 0 Å². The fourth-order valence-corrected chi connectivity index (χ4v) is 7.24. The molecule has 42 heavy (non-hydrogen) atoms. The Balaban J connectivity index is 1.06. The zero-order valence-electron chi connectivity index (χ0n) is 24.0. The van der Waals surface area contributed by atoms with Gasteiger partial charge in [-0.2, -0.15) is 5.10 Å². The Morgan fingerprint density at radius 1 is 1.00 bits per heavy atom. The molecule has 0 bridgehead atoms. The molecule has 3 amide bonds. The van der Waals surface area contributed by atoms with Crippen LogP contribution < -0.4 is 5.32 Å². The van der Waals surface area contributed by atoms with Crippen LogP contribution in [0.5, 0.6) is 0 Å². The van der Waals surface area contributed by atoms with Gasteiger partial charge in [-0.25, -0.2) is 0 Å². The molecular weight excluding hydrogens is 550 g/mol. The molecule has 8 nitrogen and oxygen atoms in total. The summed E-state index contributed by atoms with van der Waals surface area (Å²) in [5, 5.41) is 8.39. The fraction of sp³-hybridized carbons (Fsp3) is 0.455. The standard InChI is InChI=1S/C33H36ClN5O3/c1-32(2)13-26(32)31(42)38-19-33(20-38)18-37(30(41)23-14-35-39(16-23)15-21-7-4-3-5-8-21)17-27(33)29(40)36-28-12-25(28)22-9-6-10-24(34)11-22/h3-11,14,16,25-28H,12-13,15,17-20H2,1-2H3,(H,36,40)/t25-,26-,27+,28+/m1/s1. The average molecular weight is 586 g/mol. The lowest BCUT2D eigenvalue weighted by Crippen LogP contribution is -2.64. The van der Waals surface area contributed by atoms with Gasteiger partial charge in [0.2, 0.25) is 11.8 Å². The summed E-state index contributed by atoms with van der Waals surface area (Å²) in [6, 6.07) is 17.8. The highest BCUT2D eigenvalue weighted by molar-refractivity contribution is 6.30. The fourth-order valence-electron chi connectivity index (χ4n) is 7.04. The van der Waals surface area contributed by atoms with Crippen molar-refractivity contribution < 1.29 is 14.4 Å². The lowest BCUT2D eigenvalue weighted by molar-refractivity contribution is -0.151. The number of nitrogens with one attached hydrogen (secondary N) is 1. The van der Waals surface area contributed by atoms with E-state index in [4.69, 9.17) is 11.6 Å². The minimum Gasteiger partial charge on any atom is -0.352 e. The number of halogens is 1. The molecule has 0 radical (unpaired) electrons. The summed E-state index contributed by atoms with van der Waals surface area (Å²) in [4.78, 5) is 44.3. The van der Waals surface area contributed by atoms with E-state index < -0.39 is 5.41 Å². The third kappa shape index (κ3) is 5.00. The molecule has 4 atom stereocenters. The average Bonchev–Trinajstić information content (AvgIpc) is 3.70. The highest BCUT2D eigenvalue weighted by Crippen LogP contribution is 2.55. The van der Waals surface area contributed by atoms with Crippen LogP contribution in [0.3, 0.4) is 0 Å². The van der Waals surface area contributed by atoms with Crippen molar-refractivity contribution in [2.24, 2.45) is 22.7 Å². The molecule has 1 aromatic heterocycles. The largest absolute Gasteiger partial charge is 0.352 e. The van der Waals surface area contributed by atoms with Gasteiger partial charge < -0.3 is 15.1 Å². The SMILES string of the molecule is CC1(C)C[C@@H]1C(=O)N1CC2(CN(C(=O)c3cnn(Cc4ccccc4)c3)C[C@H]2C(=O)N[C@H]2C[C@@H]2c2cccc(Cl)c2)C1. The maximum atomic E-state index is 13.8. The second-order valence-electron chi connectivity index (χ2n) is 13.5. The van der Waals surface area contributed by atoms with Crippen molar-refractivity contribution >= 4 is 29.3 Å². The van der Waals surface area contributed by atoms with Crippen molar-refractivity contribution in [3.63, 3.8) is 0 Å². The van der Waals surface area contributed by atoms with E-state index in [2.05, 4.69) is 24.3 Å². The number of hydrogen-bond acceptors (Lipinski definition) is 4. The van der Waals surface area contributed by atoms with Crippen LogP contribution >= 0.6 is 11.6 Å². The summed E-state index contributed by atoms with van der Waals surface area (Å²) in [5.41, 5.74) is 2.36. The van der Waals surface area contributed by atoms with Crippen LogP contribution in [0.1, 0.15) is 54.1 Å². The number of nitrogens with zero attached hydrogens (tertiary/aromatic N) is 4. The molecule has 1 spiro atoms. The van der Waals surface area contributed by atoms with E-state index in [0.717, 1.165) is 24.0 Å². The third-order valence-corrected chi connectivity index (χ3v) is 10.1. The summed E-state index contributed by atoms with van der Waals surface area (Å²) in [6.45, 7) is 6.63. The smallest absolute Gasteiger partial charge is 0.257 e. The predicted octanol–water partition coefficient (Wildman–Crippen LogP) is 4.20. The van der Waals surface area contributed by atoms with Crippen molar-refractivity contribution in [2.45, 2.75) is 45.2 Å². The van der Waals surface area contributed by atoms with E-state index >= 15 is 0 Å². The monoisotopic (exact) mass is 585 g/mol. The Kier molecular flexibility index (Phi) is 6.46. The first kappa shape index (κ1) is 27.2. The zero-order valence-corrected chi connectivity index (χ0v) is 24.8. The van der Waals surface area contributed by atoms with Gasteiger partial charge in [0.1, 0.15) is 0 Å². The van der Waals surface area contributed by atoms with Gasteiger partial charge >= 0.3 is 0 Å². The van der Waals surface area contributed by atoms with Gasteiger partial charge in [-0.3, -0.25) is 19.1 Å². The molecule has 4 aliphatic rings. The van der Waals surface area contributed by atoms with Crippen LogP contribution in [0.2, 0.25) is 5.02 Å². The van der Waals surface area contributed by atoms with Gasteiger partial charge in [-0.05, 0) is 41.5 Å². The Bertz CT molecular complexity index is 1550. The van der Waals surface area contributed by atoms with Crippen molar-refractivity contribution in [3.8, 4) is 0 Å². The molecule has 2 aliphatic heterocycles. The topological polar surface area (TPSA) is 87.5 Å². The Morgan fingerprint density at radius 3 is 2.45 bits per heavy atom. The number of carbonyl (C=O) groups is 3. The van der Waals surface area contributed by atoms with Crippen LogP contribution in [0, 0.1) is 22.7 Å². The molecule has 9 heteroatoms. The van der Waals surface area contributed by atoms with E-state index in [9.17, 15) is 14.4 Å². The maximum absolute atomic E-state index is 13.8. The van der Waals surface area contributed by atoms with Gasteiger partial charge in [-0.15, -0.1) is 0 Å². The minimum atomic E-state index is -0.436. The Labute approximate surface area is 251 Å². The van der Waals surface area contributed by atoms with Crippen LogP contribution in [-0.2, 0) is 16.1 Å². The predicted molar refractivity (Wildman–Crippen MR) is 159 cm³/mol. The number of aromatic nitrogens is 2. The zero-order chi connectivity index (χ0) is 29.2. The number of rotatable bonds is 7. The van der Waals surface area contributed by atoms with Gasteiger partial charge in [0, 0.05) is 60.7 Å². The highest BCUT2D eigenvalue weighted by Gasteiger charge is 2.62. The molecule has 7 rings (SSSR count). The summed E-state index contributed by atoms with van der Waals surface area (Å²) in [6.07, 6.45) is 5.16. The second kappa shape index (κ2) is 9.97. The summed E-state index contributed by atoms with van der Waals surface area (Å²) >= 11 is 6.20. The quantitative estimate of drug-likeness (QED) is 0.450. The van der Waals surface area contributed by atoms with Gasteiger partial charge in [0.25, 0.3) is 5.91 Å². The van der Waals surface area contributed by atoms with E-state index in [0.29, 0.717) is 43.3 Å². The molecule has 3 aromatic rings. The van der Waals surface area contributed by atoms with Crippen LogP contribution in [0.25, 0.3) is 0 Å². The molecule has 3 heterocycles. The lowest BCUT2D eigenvalue weighted by Gasteiger charge is -2.50. The van der Waals surface area contributed by atoms with Crippen molar-refractivity contribution in [3.05, 3.63) is 88.7 Å². The third-order valence-electron chi connectivity index (χ3n) is 9.85. The molecule has 0 unspecified atom stereocenters. The molecule has 2 aromatic carbocycles. The molecular formula is C33H36ClN5O3. The number of hydrogen-bond donors (Lipinski definition) is 1. The number of amides is 3. The Hall–Kier alpha value is -3.65. The number of carbonyl (C=O) groups excluding carboxylic acids is 3. The van der Waals surface area contributed by atoms with E-state index in [-0.39, 0.29) is 46.9 Å². The summed E-state index contributed by atoms with van der Waals surface area (Å²) < 4.78 is 1.77. The molecule has 4 fully saturated rings. The van der Waals surface area contributed by atoms with E-state index in [1.54, 1.807) is 22.0 Å². The molecule has 1 N–H and O–H groups in total. The van der Waals surface area contributed by atoms with Crippen LogP contribution in [0.4, 0.5) is 0 Å². The van der Waals surface area contributed by atoms with Crippen LogP contribution in [-0.4, -0.2) is 69.5 Å². The first-order valence-electron chi connectivity index (χ1n) is 14.8. The minimum absolute atomic E-state index is 0.0292. The molecule has 2 saturated carbocycles. The molecule has 2 aliphatic carbocycles.